The third-order valence-corrected chi connectivity index (χ3v) is 4.14. The normalized spacial score (nSPS) is 14.5. The van der Waals surface area contributed by atoms with Crippen molar-refractivity contribution >= 4 is 11.8 Å². The fraction of sp³-hybridized carbons (Fsp3) is 0.529. The molecule has 1 aliphatic heterocycles. The molecule has 0 aromatic heterocycles. The predicted molar refractivity (Wildman–Crippen MR) is 90.3 cm³/mol. The van der Waals surface area contributed by atoms with Crippen molar-refractivity contribution in [2.75, 3.05) is 46.9 Å². The van der Waals surface area contributed by atoms with Crippen molar-refractivity contribution in [3.05, 3.63) is 23.8 Å². The van der Waals surface area contributed by atoms with Gasteiger partial charge < -0.3 is 25.0 Å². The van der Waals surface area contributed by atoms with Gasteiger partial charge in [-0.1, -0.05) is 0 Å². The first-order valence-electron chi connectivity index (χ1n) is 8.09. The first-order valence-corrected chi connectivity index (χ1v) is 8.09. The molecular formula is C17H25N3O4. The zero-order valence-corrected chi connectivity index (χ0v) is 14.3. The Morgan fingerprint density at radius 3 is 2.25 bits per heavy atom. The molecule has 2 amide bonds. The van der Waals surface area contributed by atoms with Crippen LogP contribution in [-0.2, 0) is 4.79 Å². The van der Waals surface area contributed by atoms with E-state index >= 15 is 0 Å². The van der Waals surface area contributed by atoms with Gasteiger partial charge in [0.25, 0.3) is 5.91 Å². The number of methoxy groups -OCH3 is 2. The fourth-order valence-electron chi connectivity index (χ4n) is 2.72. The summed E-state index contributed by atoms with van der Waals surface area (Å²) in [5.74, 6) is 1.16. The van der Waals surface area contributed by atoms with Gasteiger partial charge in [-0.2, -0.15) is 0 Å². The SMILES string of the molecule is COc1ccc(C(=O)N2CCN(C(=O)CCCN)CC2)cc1OC. The molecule has 132 valence electrons. The Morgan fingerprint density at radius 2 is 1.67 bits per heavy atom. The zero-order valence-electron chi connectivity index (χ0n) is 14.3. The predicted octanol–water partition coefficient (Wildman–Crippen LogP) is 0.727. The van der Waals surface area contributed by atoms with Crippen LogP contribution in [0.5, 0.6) is 11.5 Å². The Bertz CT molecular complexity index is 583. The van der Waals surface area contributed by atoms with Gasteiger partial charge in [-0.05, 0) is 31.2 Å². The first kappa shape index (κ1) is 18.1. The Hall–Kier alpha value is -2.28. The smallest absolute Gasteiger partial charge is 0.254 e. The second kappa shape index (κ2) is 8.54. The quantitative estimate of drug-likeness (QED) is 0.828. The molecule has 2 N–H and O–H groups in total. The number of amides is 2. The Kier molecular flexibility index (Phi) is 6.43. The van der Waals surface area contributed by atoms with Gasteiger partial charge in [-0.3, -0.25) is 9.59 Å². The summed E-state index contributed by atoms with van der Waals surface area (Å²) < 4.78 is 10.4. The van der Waals surface area contributed by atoms with Crippen LogP contribution in [0.1, 0.15) is 23.2 Å². The molecule has 0 bridgehead atoms. The number of nitrogens with two attached hydrogens (primary N) is 1. The maximum Gasteiger partial charge on any atom is 0.254 e. The highest BCUT2D eigenvalue weighted by Gasteiger charge is 2.25. The molecule has 2 rings (SSSR count). The summed E-state index contributed by atoms with van der Waals surface area (Å²) in [6.45, 7) is 2.69. The standard InChI is InChI=1S/C17H25N3O4/c1-23-14-6-5-13(12-15(14)24-2)17(22)20-10-8-19(9-11-20)16(21)4-3-7-18/h5-6,12H,3-4,7-11,18H2,1-2H3. The summed E-state index contributed by atoms with van der Waals surface area (Å²) in [5, 5.41) is 0. The van der Waals surface area contributed by atoms with Crippen molar-refractivity contribution in [3.8, 4) is 11.5 Å². The Balaban J connectivity index is 1.96. The van der Waals surface area contributed by atoms with E-state index in [-0.39, 0.29) is 11.8 Å². The molecule has 1 aromatic rings. The highest BCUT2D eigenvalue weighted by molar-refractivity contribution is 5.95. The third kappa shape index (κ3) is 4.17. The summed E-state index contributed by atoms with van der Waals surface area (Å²) in [7, 11) is 3.10. The van der Waals surface area contributed by atoms with E-state index in [4.69, 9.17) is 15.2 Å². The van der Waals surface area contributed by atoms with Crippen LogP contribution in [0.25, 0.3) is 0 Å². The van der Waals surface area contributed by atoms with Crippen molar-refractivity contribution in [1.82, 2.24) is 9.80 Å². The molecule has 0 saturated carbocycles. The van der Waals surface area contributed by atoms with E-state index in [0.717, 1.165) is 0 Å². The molecule has 1 fully saturated rings. The summed E-state index contributed by atoms with van der Waals surface area (Å²) in [6, 6.07) is 5.13. The highest BCUT2D eigenvalue weighted by atomic mass is 16.5. The highest BCUT2D eigenvalue weighted by Crippen LogP contribution is 2.28. The number of carbonyl (C=O) groups is 2. The van der Waals surface area contributed by atoms with Gasteiger partial charge in [0.05, 0.1) is 14.2 Å². The molecular weight excluding hydrogens is 310 g/mol. The Morgan fingerprint density at radius 1 is 1.04 bits per heavy atom. The van der Waals surface area contributed by atoms with Gasteiger partial charge in [-0.25, -0.2) is 0 Å². The molecule has 0 spiro atoms. The van der Waals surface area contributed by atoms with Crippen LogP contribution in [0.3, 0.4) is 0 Å². The fourth-order valence-corrected chi connectivity index (χ4v) is 2.72. The molecule has 7 heteroatoms. The van der Waals surface area contributed by atoms with Crippen LogP contribution in [0.2, 0.25) is 0 Å². The van der Waals surface area contributed by atoms with Crippen molar-refractivity contribution in [3.63, 3.8) is 0 Å². The van der Waals surface area contributed by atoms with Crippen LogP contribution in [0.15, 0.2) is 18.2 Å². The number of hydrogen-bond acceptors (Lipinski definition) is 5. The van der Waals surface area contributed by atoms with Crippen LogP contribution in [-0.4, -0.2) is 68.6 Å². The lowest BCUT2D eigenvalue weighted by molar-refractivity contribution is -0.132. The first-order chi connectivity index (χ1) is 11.6. The third-order valence-electron chi connectivity index (χ3n) is 4.14. The summed E-state index contributed by atoms with van der Waals surface area (Å²) in [4.78, 5) is 28.2. The molecule has 0 aliphatic carbocycles. The van der Waals surface area contributed by atoms with Gasteiger partial charge in [0.2, 0.25) is 5.91 Å². The van der Waals surface area contributed by atoms with Crippen molar-refractivity contribution in [2.24, 2.45) is 5.73 Å². The number of carbonyl (C=O) groups excluding carboxylic acids is 2. The largest absolute Gasteiger partial charge is 0.493 e. The second-order valence-electron chi connectivity index (χ2n) is 5.63. The molecule has 1 saturated heterocycles. The van der Waals surface area contributed by atoms with E-state index in [2.05, 4.69) is 0 Å². The number of hydrogen-bond donors (Lipinski definition) is 1. The minimum absolute atomic E-state index is 0.0648. The van der Waals surface area contributed by atoms with Gasteiger partial charge in [-0.15, -0.1) is 0 Å². The lowest BCUT2D eigenvalue weighted by atomic mass is 10.1. The number of piperazine rings is 1. The summed E-state index contributed by atoms with van der Waals surface area (Å²) >= 11 is 0. The molecule has 0 unspecified atom stereocenters. The zero-order chi connectivity index (χ0) is 17.5. The molecule has 1 aliphatic rings. The average molecular weight is 335 g/mol. The molecule has 1 heterocycles. The number of benzene rings is 1. The summed E-state index contributed by atoms with van der Waals surface area (Å²) in [6.07, 6.45) is 1.17. The second-order valence-corrected chi connectivity index (χ2v) is 5.63. The number of rotatable bonds is 6. The maximum absolute atomic E-state index is 12.6. The van der Waals surface area contributed by atoms with E-state index in [1.807, 2.05) is 0 Å². The van der Waals surface area contributed by atoms with Gasteiger partial charge in [0.1, 0.15) is 0 Å². The van der Waals surface area contributed by atoms with Crippen LogP contribution < -0.4 is 15.2 Å². The van der Waals surface area contributed by atoms with Gasteiger partial charge in [0, 0.05) is 38.2 Å². The molecule has 7 nitrogen and oxygen atoms in total. The van der Waals surface area contributed by atoms with Crippen molar-refractivity contribution < 1.29 is 19.1 Å². The molecule has 0 atom stereocenters. The van der Waals surface area contributed by atoms with Gasteiger partial charge in [0.15, 0.2) is 11.5 Å². The van der Waals surface area contributed by atoms with Gasteiger partial charge >= 0.3 is 0 Å². The van der Waals surface area contributed by atoms with Crippen LogP contribution in [0, 0.1) is 0 Å². The summed E-state index contributed by atoms with van der Waals surface area (Å²) in [5.41, 5.74) is 5.99. The lowest BCUT2D eigenvalue weighted by Gasteiger charge is -2.35. The number of nitrogens with zero attached hydrogens (tertiary/aromatic N) is 2. The minimum Gasteiger partial charge on any atom is -0.493 e. The van der Waals surface area contributed by atoms with E-state index in [0.29, 0.717) is 62.6 Å². The van der Waals surface area contributed by atoms with Crippen molar-refractivity contribution in [1.29, 1.82) is 0 Å². The molecule has 1 aromatic carbocycles. The van der Waals surface area contributed by atoms with E-state index in [1.165, 1.54) is 7.11 Å². The average Bonchev–Trinajstić information content (AvgIpc) is 2.64. The number of ether oxygens (including phenoxy) is 2. The Labute approximate surface area is 142 Å². The van der Waals surface area contributed by atoms with Crippen LogP contribution in [0.4, 0.5) is 0 Å². The van der Waals surface area contributed by atoms with Crippen LogP contribution >= 0.6 is 0 Å². The maximum atomic E-state index is 12.6. The van der Waals surface area contributed by atoms with E-state index < -0.39 is 0 Å². The van der Waals surface area contributed by atoms with Crippen molar-refractivity contribution in [2.45, 2.75) is 12.8 Å². The molecule has 24 heavy (non-hydrogen) atoms. The van der Waals surface area contributed by atoms with E-state index in [1.54, 1.807) is 35.1 Å². The lowest BCUT2D eigenvalue weighted by Crippen LogP contribution is -2.50. The minimum atomic E-state index is -0.0648. The monoisotopic (exact) mass is 335 g/mol. The topological polar surface area (TPSA) is 85.1 Å². The van der Waals surface area contributed by atoms with E-state index in [9.17, 15) is 9.59 Å². The molecule has 0 radical (unpaired) electrons.